The van der Waals surface area contributed by atoms with Crippen LogP contribution < -0.4 is 5.73 Å². The zero-order valence-electron chi connectivity index (χ0n) is 9.06. The van der Waals surface area contributed by atoms with Gasteiger partial charge in [0.25, 0.3) is 0 Å². The summed E-state index contributed by atoms with van der Waals surface area (Å²) in [6, 6.07) is 3.81. The number of hydrogen-bond donors (Lipinski definition) is 1. The highest BCUT2D eigenvalue weighted by molar-refractivity contribution is 5.71. The van der Waals surface area contributed by atoms with E-state index < -0.39 is 5.60 Å². The Kier molecular flexibility index (Phi) is 3.80. The van der Waals surface area contributed by atoms with Crippen molar-refractivity contribution in [3.05, 3.63) is 30.1 Å². The predicted octanol–water partition coefficient (Wildman–Crippen LogP) is 0.905. The number of hydrogen-bond acceptors (Lipinski definition) is 4. The summed E-state index contributed by atoms with van der Waals surface area (Å²) in [4.78, 5) is 15.1. The summed E-state index contributed by atoms with van der Waals surface area (Å²) >= 11 is 0. The molecule has 4 nitrogen and oxygen atoms in total. The van der Waals surface area contributed by atoms with Crippen molar-refractivity contribution in [2.24, 2.45) is 5.73 Å². The molecular weight excluding hydrogens is 192 g/mol. The second kappa shape index (κ2) is 4.89. The number of pyridine rings is 1. The Morgan fingerprint density at radius 3 is 2.87 bits per heavy atom. The number of esters is 1. The van der Waals surface area contributed by atoms with Crippen LogP contribution in [0.15, 0.2) is 24.5 Å². The van der Waals surface area contributed by atoms with Gasteiger partial charge in [-0.25, -0.2) is 0 Å². The zero-order chi connectivity index (χ0) is 11.3. The van der Waals surface area contributed by atoms with E-state index in [0.29, 0.717) is 6.42 Å². The average molecular weight is 208 g/mol. The van der Waals surface area contributed by atoms with Gasteiger partial charge in [0.15, 0.2) is 0 Å². The average Bonchev–Trinajstić information content (AvgIpc) is 2.17. The molecule has 0 aromatic carbocycles. The molecule has 0 radical (unpaired) electrons. The smallest absolute Gasteiger partial charge is 0.320 e. The summed E-state index contributed by atoms with van der Waals surface area (Å²) in [5, 5.41) is 0. The lowest BCUT2D eigenvalue weighted by Gasteiger charge is -2.24. The van der Waals surface area contributed by atoms with Gasteiger partial charge in [-0.1, -0.05) is 6.07 Å². The maximum atomic E-state index is 11.1. The first-order chi connectivity index (χ1) is 7.03. The molecule has 1 aromatic heterocycles. The Balaban J connectivity index is 2.60. The first-order valence-corrected chi connectivity index (χ1v) is 4.84. The van der Waals surface area contributed by atoms with E-state index in [9.17, 15) is 4.79 Å². The minimum Gasteiger partial charge on any atom is -0.458 e. The van der Waals surface area contributed by atoms with Crippen molar-refractivity contribution in [2.75, 3.05) is 6.54 Å². The van der Waals surface area contributed by atoms with Gasteiger partial charge in [-0.15, -0.1) is 0 Å². The predicted molar refractivity (Wildman–Crippen MR) is 57.2 cm³/mol. The Bertz CT molecular complexity index is 323. The van der Waals surface area contributed by atoms with E-state index in [1.165, 1.54) is 0 Å². The van der Waals surface area contributed by atoms with Gasteiger partial charge in [-0.2, -0.15) is 0 Å². The molecule has 0 fully saturated rings. The zero-order valence-corrected chi connectivity index (χ0v) is 9.06. The molecule has 0 spiro atoms. The molecule has 0 aliphatic carbocycles. The van der Waals surface area contributed by atoms with Crippen LogP contribution in [-0.4, -0.2) is 23.1 Å². The second-order valence-electron chi connectivity index (χ2n) is 3.98. The molecule has 82 valence electrons. The third-order valence-electron chi connectivity index (χ3n) is 1.91. The van der Waals surface area contributed by atoms with Gasteiger partial charge in [-0.3, -0.25) is 9.78 Å². The fraction of sp³-hybridized carbons (Fsp3) is 0.455. The van der Waals surface area contributed by atoms with Gasteiger partial charge < -0.3 is 10.5 Å². The summed E-state index contributed by atoms with van der Waals surface area (Å²) < 4.78 is 5.20. The molecule has 0 saturated heterocycles. The van der Waals surface area contributed by atoms with Crippen LogP contribution in [0.25, 0.3) is 0 Å². The maximum Gasteiger partial charge on any atom is 0.320 e. The normalized spacial score (nSPS) is 11.1. The topological polar surface area (TPSA) is 65.2 Å². The molecule has 2 N–H and O–H groups in total. The minimum absolute atomic E-state index is 0.0868. The van der Waals surface area contributed by atoms with Crippen molar-refractivity contribution in [3.63, 3.8) is 0 Å². The highest BCUT2D eigenvalue weighted by atomic mass is 16.6. The lowest BCUT2D eigenvalue weighted by atomic mass is 10.00. The lowest BCUT2D eigenvalue weighted by Crippen LogP contribution is -2.33. The Morgan fingerprint density at radius 2 is 2.33 bits per heavy atom. The molecule has 1 heterocycles. The minimum atomic E-state index is -0.542. The number of ether oxygens (including phenoxy) is 1. The van der Waals surface area contributed by atoms with Gasteiger partial charge in [-0.05, 0) is 25.5 Å². The third-order valence-corrected chi connectivity index (χ3v) is 1.91. The Labute approximate surface area is 89.5 Å². The summed E-state index contributed by atoms with van der Waals surface area (Å²) in [6.07, 6.45) is 4.10. The van der Waals surface area contributed by atoms with Crippen molar-refractivity contribution in [2.45, 2.75) is 25.9 Å². The second-order valence-corrected chi connectivity index (χ2v) is 3.98. The third kappa shape index (κ3) is 4.08. The number of nitrogens with two attached hydrogens (primary N) is 1. The largest absolute Gasteiger partial charge is 0.458 e. The van der Waals surface area contributed by atoms with E-state index >= 15 is 0 Å². The summed E-state index contributed by atoms with van der Waals surface area (Å²) in [5.74, 6) is -0.385. The SMILES string of the molecule is CC(C)(Cc1cccnc1)OC(=O)CN. The molecule has 0 unspecified atom stereocenters. The van der Waals surface area contributed by atoms with Crippen LogP contribution in [0.5, 0.6) is 0 Å². The first kappa shape index (κ1) is 11.7. The van der Waals surface area contributed by atoms with Gasteiger partial charge >= 0.3 is 5.97 Å². The quantitative estimate of drug-likeness (QED) is 0.747. The summed E-state index contributed by atoms with van der Waals surface area (Å²) in [7, 11) is 0. The maximum absolute atomic E-state index is 11.1. The van der Waals surface area contributed by atoms with Gasteiger partial charge in [0.2, 0.25) is 0 Å². The number of nitrogens with zero attached hydrogens (tertiary/aromatic N) is 1. The van der Waals surface area contributed by atoms with E-state index in [4.69, 9.17) is 10.5 Å². The Morgan fingerprint density at radius 1 is 1.60 bits per heavy atom. The van der Waals surface area contributed by atoms with Gasteiger partial charge in [0.05, 0.1) is 6.54 Å². The molecule has 15 heavy (non-hydrogen) atoms. The van der Waals surface area contributed by atoms with Crippen molar-refractivity contribution in [1.82, 2.24) is 4.98 Å². The van der Waals surface area contributed by atoms with E-state index in [1.807, 2.05) is 26.0 Å². The molecule has 1 aromatic rings. The summed E-state index contributed by atoms with van der Waals surface area (Å²) in [5.41, 5.74) is 5.68. The van der Waals surface area contributed by atoms with E-state index in [2.05, 4.69) is 4.98 Å². The fourth-order valence-corrected chi connectivity index (χ4v) is 1.38. The van der Waals surface area contributed by atoms with Crippen LogP contribution >= 0.6 is 0 Å². The molecule has 0 saturated carbocycles. The molecule has 0 atom stereocenters. The molecule has 0 aliphatic heterocycles. The van der Waals surface area contributed by atoms with Crippen molar-refractivity contribution < 1.29 is 9.53 Å². The van der Waals surface area contributed by atoms with E-state index in [1.54, 1.807) is 12.4 Å². The highest BCUT2D eigenvalue weighted by Gasteiger charge is 2.22. The molecule has 0 aliphatic rings. The first-order valence-electron chi connectivity index (χ1n) is 4.84. The van der Waals surface area contributed by atoms with Crippen molar-refractivity contribution >= 4 is 5.97 Å². The van der Waals surface area contributed by atoms with Crippen LogP contribution in [0.3, 0.4) is 0 Å². The van der Waals surface area contributed by atoms with Crippen LogP contribution in [0.2, 0.25) is 0 Å². The van der Waals surface area contributed by atoms with Crippen LogP contribution in [0.1, 0.15) is 19.4 Å². The number of rotatable bonds is 4. The summed E-state index contributed by atoms with van der Waals surface area (Å²) in [6.45, 7) is 3.62. The van der Waals surface area contributed by atoms with Gasteiger partial charge in [0, 0.05) is 18.8 Å². The van der Waals surface area contributed by atoms with Crippen LogP contribution in [0.4, 0.5) is 0 Å². The molecule has 0 amide bonds. The van der Waals surface area contributed by atoms with E-state index in [0.717, 1.165) is 5.56 Å². The lowest BCUT2D eigenvalue weighted by molar-refractivity contribution is -0.154. The molecular formula is C11H16N2O2. The standard InChI is InChI=1S/C11H16N2O2/c1-11(2,15-10(14)7-12)6-9-4-3-5-13-8-9/h3-5,8H,6-7,12H2,1-2H3. The van der Waals surface area contributed by atoms with Crippen molar-refractivity contribution in [3.8, 4) is 0 Å². The van der Waals surface area contributed by atoms with Crippen LogP contribution in [0, 0.1) is 0 Å². The Hall–Kier alpha value is -1.42. The highest BCUT2D eigenvalue weighted by Crippen LogP contribution is 2.16. The van der Waals surface area contributed by atoms with E-state index in [-0.39, 0.29) is 12.5 Å². The number of aromatic nitrogens is 1. The monoisotopic (exact) mass is 208 g/mol. The molecule has 0 bridgehead atoms. The number of carbonyl (C=O) groups excluding carboxylic acids is 1. The molecule has 1 rings (SSSR count). The molecule has 4 heteroatoms. The number of carbonyl (C=O) groups is 1. The fourth-order valence-electron chi connectivity index (χ4n) is 1.38. The van der Waals surface area contributed by atoms with Crippen molar-refractivity contribution in [1.29, 1.82) is 0 Å². The van der Waals surface area contributed by atoms with Gasteiger partial charge in [0.1, 0.15) is 5.60 Å². The van der Waals surface area contributed by atoms with Crippen LogP contribution in [-0.2, 0) is 16.0 Å².